The molecule has 0 aliphatic carbocycles. The summed E-state index contributed by atoms with van der Waals surface area (Å²) in [6.45, 7) is 0. The number of anilines is 2. The number of thiazole rings is 2. The van der Waals surface area contributed by atoms with Crippen LogP contribution in [0.15, 0.2) is 69.1 Å². The highest BCUT2D eigenvalue weighted by molar-refractivity contribution is 7.92. The van der Waals surface area contributed by atoms with Crippen LogP contribution in [0.2, 0.25) is 10.0 Å². The van der Waals surface area contributed by atoms with E-state index in [1.54, 1.807) is 10.8 Å². The van der Waals surface area contributed by atoms with Crippen LogP contribution in [0.1, 0.15) is 0 Å². The highest BCUT2D eigenvalue weighted by Crippen LogP contribution is 2.28. The van der Waals surface area contributed by atoms with E-state index in [0.29, 0.717) is 21.4 Å². The fourth-order valence-electron chi connectivity index (χ4n) is 3.00. The Morgan fingerprint density at radius 2 is 1.00 bits per heavy atom. The van der Waals surface area contributed by atoms with Crippen LogP contribution in [-0.4, -0.2) is 50.1 Å². The number of carbonyl (C=O) groups is 2. The van der Waals surface area contributed by atoms with Gasteiger partial charge >= 0.3 is 0 Å². The van der Waals surface area contributed by atoms with E-state index in [2.05, 4.69) is 20.6 Å². The van der Waals surface area contributed by atoms with Gasteiger partial charge in [-0.15, -0.1) is 22.7 Å². The largest absolute Gasteiger partial charge is 0.301 e. The van der Waals surface area contributed by atoms with Gasteiger partial charge in [0.1, 0.15) is 22.9 Å². The Balaban J connectivity index is 1.35. The minimum Gasteiger partial charge on any atom is -0.301 e. The number of hydrogen-bond donors (Lipinski definition) is 2. The molecule has 2 N–H and O–H groups in total. The molecular weight excluding hydrogens is 615 g/mol. The van der Waals surface area contributed by atoms with Crippen LogP contribution in [0.3, 0.4) is 0 Å². The number of rotatable bonds is 9. The summed E-state index contributed by atoms with van der Waals surface area (Å²) >= 11 is 13.7. The number of nitrogens with zero attached hydrogens (tertiary/aromatic N) is 2. The van der Waals surface area contributed by atoms with Crippen molar-refractivity contribution in [2.24, 2.45) is 0 Å². The summed E-state index contributed by atoms with van der Waals surface area (Å²) in [5, 5.41) is 9.14. The first-order chi connectivity index (χ1) is 17.9. The van der Waals surface area contributed by atoms with Crippen molar-refractivity contribution in [2.75, 3.05) is 22.1 Å². The quantitative estimate of drug-likeness (QED) is 0.276. The Bertz CT molecular complexity index is 1570. The Kier molecular flexibility index (Phi) is 8.49. The average molecular weight is 632 g/mol. The van der Waals surface area contributed by atoms with Gasteiger partial charge in [0.15, 0.2) is 29.9 Å². The number of hydrogen-bond acceptors (Lipinski definition) is 10. The standard InChI is InChI=1S/C22H16Cl2N4O6S4/c23-13-1-5-15(6-2-13)37(31,32)11-19(29)27-21-25-17(9-35-21)18-10-36-22(26-18)28-20(30)12-38(33,34)16-7-3-14(24)4-8-16/h1-10H,11-12H2,(H,25,27,29)(H,26,28,30). The summed E-state index contributed by atoms with van der Waals surface area (Å²) in [6.07, 6.45) is 0. The lowest BCUT2D eigenvalue weighted by Crippen LogP contribution is -2.23. The Labute approximate surface area is 235 Å². The van der Waals surface area contributed by atoms with Crippen LogP contribution in [0.5, 0.6) is 0 Å². The highest BCUT2D eigenvalue weighted by atomic mass is 35.5. The maximum atomic E-state index is 12.4. The van der Waals surface area contributed by atoms with Gasteiger partial charge in [-0.1, -0.05) is 23.2 Å². The van der Waals surface area contributed by atoms with E-state index >= 15 is 0 Å². The van der Waals surface area contributed by atoms with Crippen LogP contribution in [0.4, 0.5) is 10.3 Å². The first-order valence-electron chi connectivity index (χ1n) is 10.4. The number of benzene rings is 2. The molecule has 0 aliphatic heterocycles. The number of sulfone groups is 2. The number of aromatic nitrogens is 2. The van der Waals surface area contributed by atoms with E-state index in [1.165, 1.54) is 48.5 Å². The molecule has 2 aromatic heterocycles. The molecule has 0 atom stereocenters. The zero-order chi connectivity index (χ0) is 27.5. The van der Waals surface area contributed by atoms with Crippen molar-refractivity contribution in [3.63, 3.8) is 0 Å². The van der Waals surface area contributed by atoms with Gasteiger partial charge in [0.25, 0.3) is 0 Å². The normalized spacial score (nSPS) is 11.7. The van der Waals surface area contributed by atoms with Crippen LogP contribution in [-0.2, 0) is 29.3 Å². The van der Waals surface area contributed by atoms with Crippen molar-refractivity contribution in [1.82, 2.24) is 9.97 Å². The fraction of sp³-hybridized carbons (Fsp3) is 0.0909. The van der Waals surface area contributed by atoms with Gasteiger partial charge in [-0.3, -0.25) is 9.59 Å². The summed E-state index contributed by atoms with van der Waals surface area (Å²) < 4.78 is 49.7. The molecule has 2 aromatic carbocycles. The second-order valence-electron chi connectivity index (χ2n) is 7.60. The maximum absolute atomic E-state index is 12.4. The van der Waals surface area contributed by atoms with Crippen LogP contribution in [0, 0.1) is 0 Å². The lowest BCUT2D eigenvalue weighted by Gasteiger charge is -2.05. The molecule has 0 bridgehead atoms. The number of amides is 2. The van der Waals surface area contributed by atoms with Gasteiger partial charge < -0.3 is 10.6 Å². The maximum Gasteiger partial charge on any atom is 0.241 e. The molecule has 16 heteroatoms. The first-order valence-corrected chi connectivity index (χ1v) is 16.2. The topological polar surface area (TPSA) is 152 Å². The van der Waals surface area contributed by atoms with Crippen molar-refractivity contribution in [2.45, 2.75) is 9.79 Å². The van der Waals surface area contributed by atoms with Gasteiger partial charge in [0, 0.05) is 20.8 Å². The summed E-state index contributed by atoms with van der Waals surface area (Å²) in [5.41, 5.74) is 0.743. The number of halogens is 2. The first kappa shape index (κ1) is 28.1. The predicted molar refractivity (Wildman–Crippen MR) is 147 cm³/mol. The van der Waals surface area contributed by atoms with E-state index in [-0.39, 0.29) is 20.1 Å². The molecule has 0 spiro atoms. The molecule has 0 fully saturated rings. The van der Waals surface area contributed by atoms with Gasteiger partial charge in [-0.2, -0.15) is 0 Å². The lowest BCUT2D eigenvalue weighted by atomic mass is 10.4. The van der Waals surface area contributed by atoms with Gasteiger partial charge in [-0.05, 0) is 48.5 Å². The SMILES string of the molecule is O=C(CS(=O)(=O)c1ccc(Cl)cc1)Nc1nc(-c2csc(NC(=O)CS(=O)(=O)c3ccc(Cl)cc3)n2)cs1. The Morgan fingerprint density at radius 3 is 1.34 bits per heavy atom. The Hall–Kier alpha value is -2.88. The molecule has 0 aliphatic rings. The van der Waals surface area contributed by atoms with Crippen molar-refractivity contribution in [3.8, 4) is 11.4 Å². The summed E-state index contributed by atoms with van der Waals surface area (Å²) in [5.74, 6) is -3.10. The molecule has 198 valence electrons. The molecule has 0 unspecified atom stereocenters. The molecule has 4 aromatic rings. The highest BCUT2D eigenvalue weighted by Gasteiger charge is 2.22. The molecule has 0 radical (unpaired) electrons. The number of nitrogens with one attached hydrogen (secondary N) is 2. The van der Waals surface area contributed by atoms with Crippen molar-refractivity contribution >= 4 is 87.6 Å². The Morgan fingerprint density at radius 1 is 0.658 bits per heavy atom. The monoisotopic (exact) mass is 630 g/mol. The van der Waals surface area contributed by atoms with Gasteiger partial charge in [0.05, 0.1) is 9.79 Å². The molecule has 2 amide bonds. The third-order valence-corrected chi connectivity index (χ3v) is 10.0. The second-order valence-corrected chi connectivity index (χ2v) is 14.2. The van der Waals surface area contributed by atoms with Crippen molar-refractivity contribution < 1.29 is 26.4 Å². The summed E-state index contributed by atoms with van der Waals surface area (Å²) in [6, 6.07) is 10.9. The van der Waals surface area contributed by atoms with E-state index in [4.69, 9.17) is 23.2 Å². The fourth-order valence-corrected chi connectivity index (χ4v) is 6.97. The van der Waals surface area contributed by atoms with Crippen LogP contribution in [0.25, 0.3) is 11.4 Å². The summed E-state index contributed by atoms with van der Waals surface area (Å²) in [7, 11) is -7.75. The van der Waals surface area contributed by atoms with E-state index < -0.39 is 43.0 Å². The minimum absolute atomic E-state index is 0.0325. The molecular formula is C22H16Cl2N4O6S4. The van der Waals surface area contributed by atoms with Crippen LogP contribution < -0.4 is 10.6 Å². The van der Waals surface area contributed by atoms with Crippen molar-refractivity contribution in [3.05, 3.63) is 69.3 Å². The lowest BCUT2D eigenvalue weighted by molar-refractivity contribution is -0.114. The molecule has 0 saturated carbocycles. The van der Waals surface area contributed by atoms with Crippen molar-refractivity contribution in [1.29, 1.82) is 0 Å². The van der Waals surface area contributed by atoms with E-state index in [1.807, 2.05) is 0 Å². The third-order valence-electron chi connectivity index (χ3n) is 4.75. The van der Waals surface area contributed by atoms with Gasteiger partial charge in [0.2, 0.25) is 11.8 Å². The van der Waals surface area contributed by atoms with Crippen LogP contribution >= 0.6 is 45.9 Å². The number of carbonyl (C=O) groups excluding carboxylic acids is 2. The predicted octanol–water partition coefficient (Wildman–Crippen LogP) is 4.40. The molecule has 38 heavy (non-hydrogen) atoms. The summed E-state index contributed by atoms with van der Waals surface area (Å²) in [4.78, 5) is 33.0. The zero-order valence-electron chi connectivity index (χ0n) is 18.9. The smallest absolute Gasteiger partial charge is 0.241 e. The third kappa shape index (κ3) is 7.15. The molecule has 2 heterocycles. The molecule has 0 saturated heterocycles. The average Bonchev–Trinajstić information content (AvgIpc) is 3.48. The zero-order valence-corrected chi connectivity index (χ0v) is 23.7. The van der Waals surface area contributed by atoms with Gasteiger partial charge in [-0.25, -0.2) is 26.8 Å². The molecule has 10 nitrogen and oxygen atoms in total. The minimum atomic E-state index is -3.88. The second kappa shape index (κ2) is 11.5. The van der Waals surface area contributed by atoms with E-state index in [0.717, 1.165) is 22.7 Å². The van der Waals surface area contributed by atoms with E-state index in [9.17, 15) is 26.4 Å². The molecule has 4 rings (SSSR count).